The van der Waals surface area contributed by atoms with E-state index in [4.69, 9.17) is 4.74 Å². The number of unbranched alkanes of at least 4 members (excludes halogenated alkanes) is 2. The topological polar surface area (TPSA) is 146 Å². The van der Waals surface area contributed by atoms with Crippen LogP contribution in [0.4, 0.5) is 5.69 Å². The molecule has 11 nitrogen and oxygen atoms in total. The first-order chi connectivity index (χ1) is 26.0. The highest BCUT2D eigenvalue weighted by atomic mass is 32.2. The number of anilines is 1. The van der Waals surface area contributed by atoms with Crippen LogP contribution in [0.1, 0.15) is 64.3 Å². The number of para-hydroxylation sites is 2. The Balaban J connectivity index is 1.48. The summed E-state index contributed by atoms with van der Waals surface area (Å²) < 4.78 is 40.8. The molecule has 14 heteroatoms. The first-order valence-corrected chi connectivity index (χ1v) is 21.6. The Morgan fingerprint density at radius 3 is 2.43 bits per heavy atom. The molecule has 0 radical (unpaired) electrons. The number of esters is 1. The third-order valence-electron chi connectivity index (χ3n) is 9.33. The summed E-state index contributed by atoms with van der Waals surface area (Å²) in [4.78, 5) is 43.6. The number of fused-ring (bicyclic) bond motifs is 2. The molecule has 0 saturated heterocycles. The highest BCUT2D eigenvalue weighted by molar-refractivity contribution is 8.03. The van der Waals surface area contributed by atoms with Crippen LogP contribution in [0.5, 0.6) is 0 Å². The maximum absolute atomic E-state index is 14.3. The van der Waals surface area contributed by atoms with Crippen molar-refractivity contribution in [2.45, 2.75) is 70.7 Å². The van der Waals surface area contributed by atoms with Gasteiger partial charge in [0.2, 0.25) is 17.3 Å². The van der Waals surface area contributed by atoms with E-state index in [0.29, 0.717) is 38.8 Å². The Morgan fingerprint density at radius 1 is 0.944 bits per heavy atom. The van der Waals surface area contributed by atoms with E-state index >= 15 is 0 Å². The number of benzene rings is 2. The Labute approximate surface area is 326 Å². The fourth-order valence-electron chi connectivity index (χ4n) is 6.74. The van der Waals surface area contributed by atoms with Gasteiger partial charge in [-0.15, -0.1) is 0 Å². The third-order valence-corrected chi connectivity index (χ3v) is 12.3. The number of nitrogens with one attached hydrogen (secondary N) is 2. The Hall–Kier alpha value is -4.24. The molecular formula is C40H49N4O7S3+. The first-order valence-electron chi connectivity index (χ1n) is 18.4. The molecule has 288 valence electrons. The minimum atomic E-state index is -4.35. The SMILES string of the molecule is CCOC(=O)CCCCCNC(=O)C1(C(=O)NCCS(=O)(=O)O)CC(=CC=C2Sc3ccccc3N2CC)C=C(C=Cc2sc3ccccc3[n+]2CC)C1. The number of thioether (sulfide) groups is 1. The minimum absolute atomic E-state index is 0.0715. The summed E-state index contributed by atoms with van der Waals surface area (Å²) in [5.74, 6) is -2.03. The highest BCUT2D eigenvalue weighted by Gasteiger charge is 2.48. The molecule has 0 saturated carbocycles. The van der Waals surface area contributed by atoms with Gasteiger partial charge in [0.1, 0.15) is 16.7 Å². The van der Waals surface area contributed by atoms with Gasteiger partial charge in [0.05, 0.1) is 23.1 Å². The van der Waals surface area contributed by atoms with Gasteiger partial charge in [0.15, 0.2) is 0 Å². The normalized spacial score (nSPS) is 18.7. The van der Waals surface area contributed by atoms with Crippen LogP contribution in [-0.2, 0) is 35.8 Å². The van der Waals surface area contributed by atoms with Crippen LogP contribution in [0.15, 0.2) is 93.9 Å². The second-order valence-corrected chi connectivity index (χ2v) is 16.8. The van der Waals surface area contributed by atoms with Crippen LogP contribution in [0, 0.1) is 5.41 Å². The summed E-state index contributed by atoms with van der Waals surface area (Å²) in [5, 5.41) is 7.66. The monoisotopic (exact) mass is 793 g/mol. The van der Waals surface area contributed by atoms with Gasteiger partial charge in [0.25, 0.3) is 15.1 Å². The van der Waals surface area contributed by atoms with E-state index < -0.39 is 33.1 Å². The minimum Gasteiger partial charge on any atom is -0.466 e. The third kappa shape index (κ3) is 10.3. The molecule has 2 aromatic carbocycles. The molecule has 0 spiro atoms. The molecule has 2 aliphatic rings. The van der Waals surface area contributed by atoms with E-state index in [1.54, 1.807) is 30.0 Å². The molecule has 1 aliphatic carbocycles. The average Bonchev–Trinajstić information content (AvgIpc) is 3.70. The number of carbonyl (C=O) groups excluding carboxylic acids is 3. The fourth-order valence-corrected chi connectivity index (χ4v) is 9.36. The van der Waals surface area contributed by atoms with E-state index in [0.717, 1.165) is 55.1 Å². The largest absolute Gasteiger partial charge is 0.466 e. The summed E-state index contributed by atoms with van der Waals surface area (Å²) in [6, 6.07) is 16.4. The number of hydrogen-bond donors (Lipinski definition) is 3. The van der Waals surface area contributed by atoms with E-state index in [1.807, 2.05) is 54.6 Å². The van der Waals surface area contributed by atoms with E-state index in [2.05, 4.69) is 58.2 Å². The zero-order valence-electron chi connectivity index (χ0n) is 31.0. The Bertz CT molecular complexity index is 2090. The van der Waals surface area contributed by atoms with Crippen molar-refractivity contribution in [3.8, 4) is 0 Å². The molecule has 3 aromatic rings. The van der Waals surface area contributed by atoms with Crippen molar-refractivity contribution in [2.75, 3.05) is 36.9 Å². The molecule has 0 fully saturated rings. The number of ether oxygens (including phenoxy) is 1. The molecule has 54 heavy (non-hydrogen) atoms. The summed E-state index contributed by atoms with van der Waals surface area (Å²) >= 11 is 3.32. The Morgan fingerprint density at radius 2 is 1.69 bits per heavy atom. The number of rotatable bonds is 17. The number of amides is 2. The van der Waals surface area contributed by atoms with E-state index in [-0.39, 0.29) is 25.4 Å². The van der Waals surface area contributed by atoms with Gasteiger partial charge in [-0.3, -0.25) is 18.9 Å². The summed E-state index contributed by atoms with van der Waals surface area (Å²) in [5.41, 5.74) is 2.16. The van der Waals surface area contributed by atoms with Gasteiger partial charge in [0, 0.05) is 43.1 Å². The second kappa shape index (κ2) is 18.9. The summed E-state index contributed by atoms with van der Waals surface area (Å²) in [6.45, 7) is 7.73. The Kier molecular flexibility index (Phi) is 14.3. The van der Waals surface area contributed by atoms with Crippen molar-refractivity contribution in [1.29, 1.82) is 0 Å². The number of nitrogens with zero attached hydrogens (tertiary/aromatic N) is 2. The van der Waals surface area contributed by atoms with Crippen LogP contribution >= 0.6 is 23.1 Å². The zero-order chi connectivity index (χ0) is 38.7. The van der Waals surface area contributed by atoms with Crippen molar-refractivity contribution < 1.29 is 36.7 Å². The van der Waals surface area contributed by atoms with Gasteiger partial charge < -0.3 is 20.3 Å². The van der Waals surface area contributed by atoms with Crippen LogP contribution in [0.3, 0.4) is 0 Å². The number of aryl methyl sites for hydroxylation is 1. The van der Waals surface area contributed by atoms with E-state index in [9.17, 15) is 27.4 Å². The lowest BCUT2D eigenvalue weighted by Gasteiger charge is -2.35. The zero-order valence-corrected chi connectivity index (χ0v) is 33.5. The van der Waals surface area contributed by atoms with Crippen molar-refractivity contribution >= 4 is 73.0 Å². The smallest absolute Gasteiger partial charge is 0.305 e. The number of thiazole rings is 1. The standard InChI is InChI=1S/C40H48N4O7S3/c1-4-43-31-14-9-11-16-33(31)52-35(43)21-19-29-26-30(20-22-36-44(5-2)32-15-10-12-17-34(32)53-36)28-40(27-29,39(47)42-24-25-54(48,49)50)38(46)41-23-13-7-8-18-37(45)51-6-3/h9-12,14-17,19-22,26H,4-8,13,18,23-25,27-28H2,1-3H3,(H2-,41,42,46,47,48,49,50)/p+1. The molecule has 0 bridgehead atoms. The van der Waals surface area contributed by atoms with E-state index in [1.165, 1.54) is 0 Å². The lowest BCUT2D eigenvalue weighted by atomic mass is 9.70. The van der Waals surface area contributed by atoms with Gasteiger partial charge in [-0.2, -0.15) is 13.0 Å². The number of aromatic nitrogens is 1. The predicted molar refractivity (Wildman–Crippen MR) is 215 cm³/mol. The van der Waals surface area contributed by atoms with Crippen LogP contribution < -0.4 is 20.1 Å². The molecule has 1 unspecified atom stereocenters. The lowest BCUT2D eigenvalue weighted by Crippen LogP contribution is -2.53. The maximum Gasteiger partial charge on any atom is 0.305 e. The number of hydrogen-bond acceptors (Lipinski definition) is 9. The molecule has 1 atom stereocenters. The lowest BCUT2D eigenvalue weighted by molar-refractivity contribution is -0.665. The molecule has 1 aliphatic heterocycles. The predicted octanol–water partition coefficient (Wildman–Crippen LogP) is 6.57. The molecular weight excluding hydrogens is 745 g/mol. The summed E-state index contributed by atoms with van der Waals surface area (Å²) in [7, 11) is -4.35. The first kappa shape index (κ1) is 40.9. The van der Waals surface area contributed by atoms with Crippen LogP contribution in [0.2, 0.25) is 0 Å². The van der Waals surface area contributed by atoms with Gasteiger partial charge in [-0.25, -0.2) is 0 Å². The molecule has 3 N–H and O–H groups in total. The molecule has 2 amide bonds. The van der Waals surface area contributed by atoms with Crippen LogP contribution in [-0.4, -0.2) is 62.7 Å². The molecule has 2 heterocycles. The van der Waals surface area contributed by atoms with Gasteiger partial charge in [-0.05, 0) is 81.9 Å². The highest BCUT2D eigenvalue weighted by Crippen LogP contribution is 2.46. The second-order valence-electron chi connectivity index (χ2n) is 13.1. The number of allylic oxidation sites excluding steroid dienone is 6. The summed E-state index contributed by atoms with van der Waals surface area (Å²) in [6.07, 6.45) is 12.3. The molecule has 1 aromatic heterocycles. The van der Waals surface area contributed by atoms with Gasteiger partial charge in [-0.1, -0.05) is 72.0 Å². The van der Waals surface area contributed by atoms with Crippen molar-refractivity contribution in [2.24, 2.45) is 5.41 Å². The molecule has 5 rings (SSSR count). The van der Waals surface area contributed by atoms with Crippen molar-refractivity contribution in [3.63, 3.8) is 0 Å². The quantitative estimate of drug-likeness (QED) is 0.0454. The van der Waals surface area contributed by atoms with Gasteiger partial charge >= 0.3 is 5.97 Å². The average molecular weight is 794 g/mol. The maximum atomic E-state index is 14.3. The number of carbonyl (C=O) groups is 3. The van der Waals surface area contributed by atoms with Crippen molar-refractivity contribution in [1.82, 2.24) is 10.6 Å². The fraction of sp³-hybridized carbons (Fsp3) is 0.400. The van der Waals surface area contributed by atoms with Crippen LogP contribution in [0.25, 0.3) is 16.3 Å². The van der Waals surface area contributed by atoms with Crippen molar-refractivity contribution in [3.05, 3.63) is 94.0 Å².